The first kappa shape index (κ1) is 17.5. The lowest BCUT2D eigenvalue weighted by Gasteiger charge is -2.23. The van der Waals surface area contributed by atoms with Crippen molar-refractivity contribution in [3.63, 3.8) is 0 Å². The molecule has 1 aromatic heterocycles. The molecule has 0 atom stereocenters. The van der Waals surface area contributed by atoms with Gasteiger partial charge in [-0.1, -0.05) is 12.8 Å². The van der Waals surface area contributed by atoms with Crippen molar-refractivity contribution < 1.29 is 13.2 Å². The maximum atomic E-state index is 12.3. The van der Waals surface area contributed by atoms with Gasteiger partial charge in [-0.2, -0.15) is 4.98 Å². The van der Waals surface area contributed by atoms with E-state index in [9.17, 15) is 8.42 Å². The van der Waals surface area contributed by atoms with E-state index >= 15 is 0 Å². The summed E-state index contributed by atoms with van der Waals surface area (Å²) in [6.45, 7) is 5.41. The van der Waals surface area contributed by atoms with E-state index in [1.165, 1.54) is 25.7 Å². The van der Waals surface area contributed by atoms with Crippen LogP contribution in [0.5, 0.6) is 5.88 Å². The van der Waals surface area contributed by atoms with Crippen LogP contribution in [-0.4, -0.2) is 48.6 Å². The molecule has 0 amide bonds. The molecule has 0 N–H and O–H groups in total. The fourth-order valence-electron chi connectivity index (χ4n) is 3.35. The Kier molecular flexibility index (Phi) is 4.99. The first-order chi connectivity index (χ1) is 11.4. The third-order valence-electron chi connectivity index (χ3n) is 5.32. The number of hydrogen-bond acceptors (Lipinski definition) is 6. The van der Waals surface area contributed by atoms with Gasteiger partial charge in [0, 0.05) is 13.1 Å². The van der Waals surface area contributed by atoms with E-state index in [1.807, 2.05) is 4.90 Å². The van der Waals surface area contributed by atoms with Crippen molar-refractivity contribution in [3.05, 3.63) is 12.4 Å². The zero-order chi connectivity index (χ0) is 17.2. The average molecular weight is 353 g/mol. The highest BCUT2D eigenvalue weighted by atomic mass is 32.2. The maximum Gasteiger partial charge on any atom is 0.234 e. The van der Waals surface area contributed by atoms with Gasteiger partial charge in [-0.3, -0.25) is 4.98 Å². The largest absolute Gasteiger partial charge is 0.476 e. The van der Waals surface area contributed by atoms with Crippen molar-refractivity contribution in [2.75, 3.05) is 30.3 Å². The fraction of sp³-hybridized carbons (Fsp3) is 0.765. The summed E-state index contributed by atoms with van der Waals surface area (Å²) in [6, 6.07) is 0. The summed E-state index contributed by atoms with van der Waals surface area (Å²) in [7, 11) is -3.09. The SMILES string of the molecule is CC1(C)CCN(c2cncc(OCC3CCCC3)n2)CCS1(=O)=O. The molecule has 0 aromatic carbocycles. The molecular weight excluding hydrogens is 326 g/mol. The first-order valence-electron chi connectivity index (χ1n) is 8.79. The summed E-state index contributed by atoms with van der Waals surface area (Å²) in [5.41, 5.74) is 0. The van der Waals surface area contributed by atoms with Gasteiger partial charge in [0.15, 0.2) is 15.7 Å². The van der Waals surface area contributed by atoms with Gasteiger partial charge < -0.3 is 9.64 Å². The zero-order valence-corrected chi connectivity index (χ0v) is 15.4. The maximum absolute atomic E-state index is 12.3. The van der Waals surface area contributed by atoms with Crippen LogP contribution in [0, 0.1) is 5.92 Å². The molecule has 1 aromatic rings. The first-order valence-corrected chi connectivity index (χ1v) is 10.4. The minimum atomic E-state index is -3.09. The lowest BCUT2D eigenvalue weighted by Crippen LogP contribution is -2.33. The van der Waals surface area contributed by atoms with Crippen LogP contribution in [0.2, 0.25) is 0 Å². The normalized spacial score (nSPS) is 23.8. The topological polar surface area (TPSA) is 72.4 Å². The van der Waals surface area contributed by atoms with E-state index in [4.69, 9.17) is 4.74 Å². The molecule has 0 bridgehead atoms. The van der Waals surface area contributed by atoms with E-state index in [0.717, 1.165) is 0 Å². The lowest BCUT2D eigenvalue weighted by atomic mass is 10.1. The average Bonchev–Trinajstić information content (AvgIpc) is 3.03. The Hall–Kier alpha value is -1.37. The second-order valence-corrected chi connectivity index (χ2v) is 10.2. The number of aromatic nitrogens is 2. The highest BCUT2D eigenvalue weighted by molar-refractivity contribution is 7.92. The van der Waals surface area contributed by atoms with Gasteiger partial charge in [0.05, 0.1) is 29.5 Å². The van der Waals surface area contributed by atoms with Crippen molar-refractivity contribution in [1.82, 2.24) is 9.97 Å². The standard InChI is InChI=1S/C17H27N3O3S/c1-17(2)7-8-20(9-10-24(17,21)22)15-11-18-12-16(19-15)23-13-14-5-3-4-6-14/h11-12,14H,3-10,13H2,1-2H3. The summed E-state index contributed by atoms with van der Waals surface area (Å²) >= 11 is 0. The Labute approximate surface area is 144 Å². The monoisotopic (exact) mass is 353 g/mol. The molecule has 0 spiro atoms. The Bertz CT molecular complexity index is 669. The fourth-order valence-corrected chi connectivity index (χ4v) is 4.76. The molecule has 24 heavy (non-hydrogen) atoms. The van der Waals surface area contributed by atoms with Gasteiger partial charge in [0.1, 0.15) is 0 Å². The Balaban J connectivity index is 1.67. The molecule has 2 heterocycles. The summed E-state index contributed by atoms with van der Waals surface area (Å²) in [6.07, 6.45) is 8.95. The zero-order valence-electron chi connectivity index (χ0n) is 14.6. The van der Waals surface area contributed by atoms with E-state index in [0.29, 0.717) is 43.7 Å². The molecule has 2 fully saturated rings. The summed E-state index contributed by atoms with van der Waals surface area (Å²) in [4.78, 5) is 10.8. The van der Waals surface area contributed by atoms with Crippen LogP contribution >= 0.6 is 0 Å². The molecule has 1 aliphatic heterocycles. The molecule has 134 valence electrons. The smallest absolute Gasteiger partial charge is 0.234 e. The van der Waals surface area contributed by atoms with Crippen molar-refractivity contribution in [1.29, 1.82) is 0 Å². The van der Waals surface area contributed by atoms with Crippen molar-refractivity contribution in [2.45, 2.75) is 50.7 Å². The van der Waals surface area contributed by atoms with Crippen molar-refractivity contribution in [3.8, 4) is 5.88 Å². The van der Waals surface area contributed by atoms with Gasteiger partial charge in [0.2, 0.25) is 5.88 Å². The third-order valence-corrected chi connectivity index (χ3v) is 7.93. The molecular formula is C17H27N3O3S. The molecule has 1 aliphatic carbocycles. The minimum absolute atomic E-state index is 0.148. The van der Waals surface area contributed by atoms with Crippen LogP contribution in [0.4, 0.5) is 5.82 Å². The van der Waals surface area contributed by atoms with Crippen molar-refractivity contribution in [2.24, 2.45) is 5.92 Å². The summed E-state index contributed by atoms with van der Waals surface area (Å²) in [5, 5.41) is 0. The van der Waals surface area contributed by atoms with Crippen LogP contribution < -0.4 is 9.64 Å². The Morgan fingerprint density at radius 3 is 2.75 bits per heavy atom. The Morgan fingerprint density at radius 1 is 1.25 bits per heavy atom. The quantitative estimate of drug-likeness (QED) is 0.828. The molecule has 2 aliphatic rings. The molecule has 1 saturated heterocycles. The number of sulfone groups is 1. The molecule has 6 nitrogen and oxygen atoms in total. The second-order valence-electron chi connectivity index (χ2n) is 7.49. The highest BCUT2D eigenvalue weighted by Crippen LogP contribution is 2.28. The van der Waals surface area contributed by atoms with Crippen LogP contribution in [0.1, 0.15) is 46.0 Å². The van der Waals surface area contributed by atoms with Crippen LogP contribution in [-0.2, 0) is 9.84 Å². The third kappa shape index (κ3) is 3.82. The summed E-state index contributed by atoms with van der Waals surface area (Å²) < 4.78 is 29.8. The molecule has 0 unspecified atom stereocenters. The lowest BCUT2D eigenvalue weighted by molar-refractivity contribution is 0.242. The second kappa shape index (κ2) is 6.86. The Morgan fingerprint density at radius 2 is 2.00 bits per heavy atom. The predicted molar refractivity (Wildman–Crippen MR) is 94.2 cm³/mol. The number of anilines is 1. The van der Waals surface area contributed by atoms with E-state index in [-0.39, 0.29) is 5.75 Å². The van der Waals surface area contributed by atoms with Gasteiger partial charge in [-0.25, -0.2) is 8.42 Å². The van der Waals surface area contributed by atoms with Gasteiger partial charge in [-0.15, -0.1) is 0 Å². The molecule has 0 radical (unpaired) electrons. The number of hydrogen-bond donors (Lipinski definition) is 0. The molecule has 1 saturated carbocycles. The van der Waals surface area contributed by atoms with Crippen molar-refractivity contribution >= 4 is 15.7 Å². The number of nitrogens with zero attached hydrogens (tertiary/aromatic N) is 3. The van der Waals surface area contributed by atoms with E-state index in [2.05, 4.69) is 9.97 Å². The van der Waals surface area contributed by atoms with Gasteiger partial charge in [-0.05, 0) is 39.0 Å². The highest BCUT2D eigenvalue weighted by Gasteiger charge is 2.37. The number of ether oxygens (including phenoxy) is 1. The molecule has 7 heteroatoms. The van der Waals surface area contributed by atoms with Crippen LogP contribution in [0.25, 0.3) is 0 Å². The van der Waals surface area contributed by atoms with E-state index < -0.39 is 14.6 Å². The van der Waals surface area contributed by atoms with Crippen LogP contribution in [0.15, 0.2) is 12.4 Å². The van der Waals surface area contributed by atoms with Crippen LogP contribution in [0.3, 0.4) is 0 Å². The van der Waals surface area contributed by atoms with Gasteiger partial charge in [0.25, 0.3) is 0 Å². The minimum Gasteiger partial charge on any atom is -0.476 e. The number of rotatable bonds is 4. The predicted octanol–water partition coefficient (Wildman–Crippen LogP) is 2.45. The van der Waals surface area contributed by atoms with E-state index in [1.54, 1.807) is 26.2 Å². The van der Waals surface area contributed by atoms with Gasteiger partial charge >= 0.3 is 0 Å². The molecule has 3 rings (SSSR count). The summed E-state index contributed by atoms with van der Waals surface area (Å²) in [5.74, 6) is 2.01.